The van der Waals surface area contributed by atoms with E-state index in [0.29, 0.717) is 11.3 Å². The molecule has 2 aromatic heterocycles. The van der Waals surface area contributed by atoms with Crippen LogP contribution >= 0.6 is 0 Å². The molecule has 0 spiro atoms. The summed E-state index contributed by atoms with van der Waals surface area (Å²) in [6.07, 6.45) is 3.01. The molecule has 0 fully saturated rings. The van der Waals surface area contributed by atoms with E-state index < -0.39 is 5.97 Å². The molecule has 2 N–H and O–H groups in total. The van der Waals surface area contributed by atoms with Gasteiger partial charge in [-0.25, -0.2) is 4.98 Å². The molecule has 2 heterocycles. The van der Waals surface area contributed by atoms with Crippen LogP contribution in [0.1, 0.15) is 5.69 Å². The molecule has 0 aliphatic rings. The number of pyridine rings is 1. The van der Waals surface area contributed by atoms with E-state index in [1.54, 1.807) is 16.7 Å². The van der Waals surface area contributed by atoms with E-state index >= 15 is 0 Å². The van der Waals surface area contributed by atoms with Crippen LogP contribution in [0.5, 0.6) is 5.75 Å². The Morgan fingerprint density at radius 3 is 3.07 bits per heavy atom. The highest BCUT2D eigenvalue weighted by Gasteiger charge is 2.08. The summed E-state index contributed by atoms with van der Waals surface area (Å²) in [5, 5.41) is 18.0. The SMILES string of the molecule is O=C(O)Cc1cnc2c(O)cccn12. The minimum absolute atomic E-state index is 0.0455. The molecule has 0 amide bonds. The third-order valence-electron chi connectivity index (χ3n) is 1.92. The third kappa shape index (κ3) is 1.28. The standard InChI is InChI=1S/C9H8N2O3/c12-7-2-1-3-11-6(4-8(13)14)5-10-9(7)11/h1-3,5,12H,4H2,(H,13,14). The molecule has 5 heteroatoms. The number of hydrogen-bond acceptors (Lipinski definition) is 3. The van der Waals surface area contributed by atoms with Crippen LogP contribution in [0.2, 0.25) is 0 Å². The average molecular weight is 192 g/mol. The molecular formula is C9H8N2O3. The van der Waals surface area contributed by atoms with Crippen LogP contribution in [0.25, 0.3) is 5.65 Å². The largest absolute Gasteiger partial charge is 0.504 e. The summed E-state index contributed by atoms with van der Waals surface area (Å²) >= 11 is 0. The van der Waals surface area contributed by atoms with Gasteiger partial charge in [0.25, 0.3) is 0 Å². The van der Waals surface area contributed by atoms with Crippen molar-refractivity contribution < 1.29 is 15.0 Å². The Morgan fingerprint density at radius 1 is 1.57 bits per heavy atom. The van der Waals surface area contributed by atoms with Crippen molar-refractivity contribution >= 4 is 11.6 Å². The first kappa shape index (κ1) is 8.55. The molecule has 0 atom stereocenters. The smallest absolute Gasteiger partial charge is 0.309 e. The van der Waals surface area contributed by atoms with Crippen molar-refractivity contribution in [2.75, 3.05) is 0 Å². The number of hydrogen-bond donors (Lipinski definition) is 2. The van der Waals surface area contributed by atoms with Crippen LogP contribution in [0, 0.1) is 0 Å². The molecule has 14 heavy (non-hydrogen) atoms. The third-order valence-corrected chi connectivity index (χ3v) is 1.92. The first-order valence-corrected chi connectivity index (χ1v) is 4.04. The summed E-state index contributed by atoms with van der Waals surface area (Å²) in [5.41, 5.74) is 0.923. The Balaban J connectivity index is 2.58. The van der Waals surface area contributed by atoms with E-state index in [0.717, 1.165) is 0 Å². The Labute approximate surface area is 79.2 Å². The van der Waals surface area contributed by atoms with Gasteiger partial charge in [-0.1, -0.05) is 0 Å². The van der Waals surface area contributed by atoms with Gasteiger partial charge in [0.1, 0.15) is 0 Å². The topological polar surface area (TPSA) is 74.8 Å². The van der Waals surface area contributed by atoms with E-state index in [1.165, 1.54) is 12.3 Å². The van der Waals surface area contributed by atoms with E-state index in [9.17, 15) is 9.90 Å². The summed E-state index contributed by atoms with van der Waals surface area (Å²) in [6.45, 7) is 0. The van der Waals surface area contributed by atoms with Gasteiger partial charge in [0, 0.05) is 12.4 Å². The fourth-order valence-corrected chi connectivity index (χ4v) is 1.33. The quantitative estimate of drug-likeness (QED) is 0.733. The summed E-state index contributed by atoms with van der Waals surface area (Å²) in [5.74, 6) is -0.876. The number of carboxylic acids is 1. The fourth-order valence-electron chi connectivity index (χ4n) is 1.33. The van der Waals surface area contributed by atoms with E-state index in [4.69, 9.17) is 5.11 Å². The second kappa shape index (κ2) is 3.02. The van der Waals surface area contributed by atoms with Gasteiger partial charge in [0.15, 0.2) is 11.4 Å². The molecule has 2 aromatic rings. The Hall–Kier alpha value is -2.04. The molecule has 0 aliphatic heterocycles. The lowest BCUT2D eigenvalue weighted by molar-refractivity contribution is -0.136. The van der Waals surface area contributed by atoms with Crippen molar-refractivity contribution in [1.82, 2.24) is 9.38 Å². The molecule has 72 valence electrons. The highest BCUT2D eigenvalue weighted by Crippen LogP contribution is 2.17. The Bertz CT molecular complexity index is 490. The van der Waals surface area contributed by atoms with Gasteiger partial charge in [-0.05, 0) is 12.1 Å². The summed E-state index contributed by atoms with van der Waals surface area (Å²) in [6, 6.07) is 3.14. The predicted octanol–water partition coefficient (Wildman–Crippen LogP) is 0.667. The average Bonchev–Trinajstić information content (AvgIpc) is 2.49. The highest BCUT2D eigenvalue weighted by atomic mass is 16.4. The molecule has 2 rings (SSSR count). The maximum atomic E-state index is 10.5. The van der Waals surface area contributed by atoms with Crippen molar-refractivity contribution in [3.63, 3.8) is 0 Å². The lowest BCUT2D eigenvalue weighted by Gasteiger charge is -1.98. The van der Waals surface area contributed by atoms with E-state index in [1.807, 2.05) is 0 Å². The van der Waals surface area contributed by atoms with Crippen molar-refractivity contribution in [2.24, 2.45) is 0 Å². The number of nitrogens with zero attached hydrogens (tertiary/aromatic N) is 2. The van der Waals surface area contributed by atoms with Crippen LogP contribution < -0.4 is 0 Å². The lowest BCUT2D eigenvalue weighted by Crippen LogP contribution is -2.02. The first-order chi connectivity index (χ1) is 6.68. The number of aromatic hydroxyl groups is 1. The van der Waals surface area contributed by atoms with Crippen LogP contribution in [-0.2, 0) is 11.2 Å². The zero-order valence-corrected chi connectivity index (χ0v) is 7.21. The van der Waals surface area contributed by atoms with Gasteiger partial charge in [-0.3, -0.25) is 4.79 Å². The maximum Gasteiger partial charge on any atom is 0.309 e. The number of aliphatic carboxylic acids is 1. The van der Waals surface area contributed by atoms with Crippen molar-refractivity contribution in [3.05, 3.63) is 30.2 Å². The first-order valence-electron chi connectivity index (χ1n) is 4.04. The molecule has 0 saturated heterocycles. The number of aromatic nitrogens is 2. The van der Waals surface area contributed by atoms with Crippen LogP contribution in [0.15, 0.2) is 24.5 Å². The molecule has 0 unspecified atom stereocenters. The van der Waals surface area contributed by atoms with Crippen LogP contribution in [0.4, 0.5) is 0 Å². The van der Waals surface area contributed by atoms with Gasteiger partial charge in [-0.15, -0.1) is 0 Å². The lowest BCUT2D eigenvalue weighted by atomic mass is 10.3. The second-order valence-corrected chi connectivity index (χ2v) is 2.91. The number of rotatable bonds is 2. The second-order valence-electron chi connectivity index (χ2n) is 2.91. The predicted molar refractivity (Wildman–Crippen MR) is 48.2 cm³/mol. The summed E-state index contributed by atoms with van der Waals surface area (Å²) < 4.78 is 1.56. The summed E-state index contributed by atoms with van der Waals surface area (Å²) in [4.78, 5) is 14.4. The zero-order chi connectivity index (χ0) is 10.1. The zero-order valence-electron chi connectivity index (χ0n) is 7.21. The molecule has 0 aliphatic carbocycles. The normalized spacial score (nSPS) is 10.6. The summed E-state index contributed by atoms with van der Waals surface area (Å²) in [7, 11) is 0. The van der Waals surface area contributed by atoms with Gasteiger partial charge in [0.2, 0.25) is 0 Å². The van der Waals surface area contributed by atoms with Crippen molar-refractivity contribution in [3.8, 4) is 5.75 Å². The maximum absolute atomic E-state index is 10.5. The van der Waals surface area contributed by atoms with Crippen molar-refractivity contribution in [2.45, 2.75) is 6.42 Å². The van der Waals surface area contributed by atoms with Gasteiger partial charge in [0.05, 0.1) is 12.1 Å². The molecule has 0 saturated carbocycles. The van der Waals surface area contributed by atoms with E-state index in [2.05, 4.69) is 4.98 Å². The van der Waals surface area contributed by atoms with Gasteiger partial charge < -0.3 is 14.6 Å². The molecule has 0 aromatic carbocycles. The Kier molecular flexibility index (Phi) is 1.85. The molecular weight excluding hydrogens is 184 g/mol. The molecule has 5 nitrogen and oxygen atoms in total. The molecule has 0 bridgehead atoms. The number of imidazole rings is 1. The van der Waals surface area contributed by atoms with E-state index in [-0.39, 0.29) is 12.2 Å². The minimum Gasteiger partial charge on any atom is -0.504 e. The number of carbonyl (C=O) groups is 1. The van der Waals surface area contributed by atoms with Gasteiger partial charge >= 0.3 is 5.97 Å². The minimum atomic E-state index is -0.921. The Morgan fingerprint density at radius 2 is 2.36 bits per heavy atom. The highest BCUT2D eigenvalue weighted by molar-refractivity contribution is 5.70. The van der Waals surface area contributed by atoms with Crippen LogP contribution in [0.3, 0.4) is 0 Å². The number of fused-ring (bicyclic) bond motifs is 1. The molecule has 0 radical (unpaired) electrons. The van der Waals surface area contributed by atoms with Crippen LogP contribution in [-0.4, -0.2) is 25.6 Å². The van der Waals surface area contributed by atoms with Crippen molar-refractivity contribution in [1.29, 1.82) is 0 Å². The monoisotopic (exact) mass is 192 g/mol. The fraction of sp³-hybridized carbons (Fsp3) is 0.111. The van der Waals surface area contributed by atoms with Gasteiger partial charge in [-0.2, -0.15) is 0 Å². The number of carboxylic acid groups (broad SMARTS) is 1.